The van der Waals surface area contributed by atoms with Gasteiger partial charge in [-0.2, -0.15) is 0 Å². The number of nitrogens with one attached hydrogen (secondary N) is 2. The molecule has 0 radical (unpaired) electrons. The summed E-state index contributed by atoms with van der Waals surface area (Å²) in [4.78, 5) is 24.8. The Hall–Kier alpha value is -1.88. The van der Waals surface area contributed by atoms with E-state index in [4.69, 9.17) is 0 Å². The number of benzene rings is 1. The lowest BCUT2D eigenvalue weighted by atomic mass is 10.2. The second-order valence-corrected chi connectivity index (χ2v) is 4.57. The number of anilines is 1. The van der Waals surface area contributed by atoms with Crippen LogP contribution in [-0.4, -0.2) is 43.4 Å². The Balaban J connectivity index is 2.31. The van der Waals surface area contributed by atoms with Gasteiger partial charge in [0.15, 0.2) is 0 Å². The van der Waals surface area contributed by atoms with E-state index in [0.29, 0.717) is 13.0 Å². The molecule has 1 unspecified atom stereocenters. The van der Waals surface area contributed by atoms with Crippen molar-refractivity contribution in [2.45, 2.75) is 19.4 Å². The fourth-order valence-electron chi connectivity index (χ4n) is 1.48. The normalized spacial score (nSPS) is 11.7. The monoisotopic (exact) mass is 263 g/mol. The molecule has 0 fully saturated rings. The van der Waals surface area contributed by atoms with Crippen molar-refractivity contribution in [2.24, 2.45) is 0 Å². The third-order valence-electron chi connectivity index (χ3n) is 2.72. The molecule has 0 saturated heterocycles. The summed E-state index contributed by atoms with van der Waals surface area (Å²) >= 11 is 0. The fraction of sp³-hybridized carbons (Fsp3) is 0.429. The quantitative estimate of drug-likeness (QED) is 0.807. The maximum Gasteiger partial charge on any atom is 0.241 e. The first-order chi connectivity index (χ1) is 9.00. The van der Waals surface area contributed by atoms with Crippen LogP contribution in [0.4, 0.5) is 5.69 Å². The van der Waals surface area contributed by atoms with E-state index in [9.17, 15) is 9.59 Å². The van der Waals surface area contributed by atoms with Crippen LogP contribution in [-0.2, 0) is 9.59 Å². The molecule has 0 aliphatic rings. The molecular formula is C14H21N3O2. The predicted molar refractivity (Wildman–Crippen MR) is 75.8 cm³/mol. The molecule has 5 nitrogen and oxygen atoms in total. The molecule has 0 saturated carbocycles. The summed E-state index contributed by atoms with van der Waals surface area (Å²) in [7, 11) is 3.43. The van der Waals surface area contributed by atoms with Crippen LogP contribution in [0, 0.1) is 0 Å². The summed E-state index contributed by atoms with van der Waals surface area (Å²) < 4.78 is 0. The van der Waals surface area contributed by atoms with Crippen molar-refractivity contribution < 1.29 is 9.59 Å². The van der Waals surface area contributed by atoms with Crippen molar-refractivity contribution in [3.8, 4) is 0 Å². The van der Waals surface area contributed by atoms with Gasteiger partial charge in [0.25, 0.3) is 0 Å². The van der Waals surface area contributed by atoms with Crippen LogP contribution < -0.4 is 10.6 Å². The minimum atomic E-state index is -0.338. The number of carbonyl (C=O) groups is 2. The number of para-hydroxylation sites is 1. The Morgan fingerprint density at radius 1 is 1.21 bits per heavy atom. The van der Waals surface area contributed by atoms with E-state index in [2.05, 4.69) is 10.6 Å². The van der Waals surface area contributed by atoms with Gasteiger partial charge in [-0.25, -0.2) is 0 Å². The van der Waals surface area contributed by atoms with Gasteiger partial charge in [0.1, 0.15) is 0 Å². The van der Waals surface area contributed by atoms with Gasteiger partial charge >= 0.3 is 0 Å². The third-order valence-corrected chi connectivity index (χ3v) is 2.72. The van der Waals surface area contributed by atoms with Crippen molar-refractivity contribution in [3.63, 3.8) is 0 Å². The molecule has 0 spiro atoms. The van der Waals surface area contributed by atoms with Gasteiger partial charge < -0.3 is 15.5 Å². The number of nitrogens with zero attached hydrogens (tertiary/aromatic N) is 1. The van der Waals surface area contributed by atoms with Crippen LogP contribution in [0.25, 0.3) is 0 Å². The Morgan fingerprint density at radius 2 is 1.84 bits per heavy atom. The van der Waals surface area contributed by atoms with Crippen molar-refractivity contribution in [3.05, 3.63) is 30.3 Å². The van der Waals surface area contributed by atoms with E-state index in [0.717, 1.165) is 5.69 Å². The van der Waals surface area contributed by atoms with Crippen LogP contribution in [0.5, 0.6) is 0 Å². The maximum absolute atomic E-state index is 11.9. The van der Waals surface area contributed by atoms with Crippen LogP contribution in [0.1, 0.15) is 13.3 Å². The Bertz CT molecular complexity index is 418. The summed E-state index contributed by atoms with van der Waals surface area (Å²) in [5.74, 6) is -0.0633. The molecule has 1 atom stereocenters. The van der Waals surface area contributed by atoms with Gasteiger partial charge in [-0.15, -0.1) is 0 Å². The highest BCUT2D eigenvalue weighted by Gasteiger charge is 2.12. The standard InChI is InChI=1S/C14H21N3O2/c1-11(15-10-9-13(18)17(2)3)14(19)16-12-7-5-4-6-8-12/h4-8,11,15H,9-10H2,1-3H3,(H,16,19). The number of carbonyl (C=O) groups excluding carboxylic acids is 2. The molecule has 1 aromatic carbocycles. The number of rotatable bonds is 6. The summed E-state index contributed by atoms with van der Waals surface area (Å²) in [6.45, 7) is 2.26. The first-order valence-electron chi connectivity index (χ1n) is 6.30. The first kappa shape index (κ1) is 15.2. The van der Waals surface area contributed by atoms with Crippen molar-refractivity contribution in [1.29, 1.82) is 0 Å². The van der Waals surface area contributed by atoms with E-state index in [-0.39, 0.29) is 17.9 Å². The number of amides is 2. The lowest BCUT2D eigenvalue weighted by Gasteiger charge is -2.15. The molecular weight excluding hydrogens is 242 g/mol. The summed E-state index contributed by atoms with van der Waals surface area (Å²) in [6, 6.07) is 8.95. The Labute approximate surface area is 114 Å². The molecule has 5 heteroatoms. The molecule has 0 bridgehead atoms. The maximum atomic E-state index is 11.9. The molecule has 104 valence electrons. The van der Waals surface area contributed by atoms with Crippen molar-refractivity contribution >= 4 is 17.5 Å². The first-order valence-corrected chi connectivity index (χ1v) is 6.30. The Kier molecular flexibility index (Phi) is 6.02. The zero-order chi connectivity index (χ0) is 14.3. The van der Waals surface area contributed by atoms with Crippen molar-refractivity contribution in [1.82, 2.24) is 10.2 Å². The second kappa shape index (κ2) is 7.53. The van der Waals surface area contributed by atoms with Crippen LogP contribution >= 0.6 is 0 Å². The smallest absolute Gasteiger partial charge is 0.241 e. The highest BCUT2D eigenvalue weighted by Crippen LogP contribution is 2.05. The molecule has 0 heterocycles. The molecule has 0 aliphatic heterocycles. The van der Waals surface area contributed by atoms with Crippen LogP contribution in [0.2, 0.25) is 0 Å². The van der Waals surface area contributed by atoms with Crippen LogP contribution in [0.15, 0.2) is 30.3 Å². The van der Waals surface area contributed by atoms with Gasteiger partial charge in [0.2, 0.25) is 11.8 Å². The summed E-state index contributed by atoms with van der Waals surface area (Å²) in [6.07, 6.45) is 0.385. The average molecular weight is 263 g/mol. The number of hydrogen-bond acceptors (Lipinski definition) is 3. The average Bonchev–Trinajstić information content (AvgIpc) is 2.39. The van der Waals surface area contributed by atoms with E-state index in [1.165, 1.54) is 4.90 Å². The molecule has 1 rings (SSSR count). The van der Waals surface area contributed by atoms with Crippen molar-refractivity contribution in [2.75, 3.05) is 26.0 Å². The highest BCUT2D eigenvalue weighted by atomic mass is 16.2. The van der Waals surface area contributed by atoms with E-state index < -0.39 is 0 Å². The lowest BCUT2D eigenvalue weighted by molar-refractivity contribution is -0.128. The van der Waals surface area contributed by atoms with Gasteiger partial charge in [0.05, 0.1) is 6.04 Å². The zero-order valence-electron chi connectivity index (χ0n) is 11.6. The molecule has 1 aromatic rings. The summed E-state index contributed by atoms with van der Waals surface area (Å²) in [5.41, 5.74) is 0.769. The highest BCUT2D eigenvalue weighted by molar-refractivity contribution is 5.94. The third kappa shape index (κ3) is 5.52. The molecule has 19 heavy (non-hydrogen) atoms. The fourth-order valence-corrected chi connectivity index (χ4v) is 1.48. The largest absolute Gasteiger partial charge is 0.349 e. The van der Waals surface area contributed by atoms with E-state index >= 15 is 0 Å². The van der Waals surface area contributed by atoms with Gasteiger partial charge in [-0.3, -0.25) is 9.59 Å². The molecule has 0 aromatic heterocycles. The number of hydrogen-bond donors (Lipinski definition) is 2. The molecule has 2 N–H and O–H groups in total. The van der Waals surface area contributed by atoms with Crippen LogP contribution in [0.3, 0.4) is 0 Å². The minimum absolute atomic E-state index is 0.0446. The summed E-state index contributed by atoms with van der Waals surface area (Å²) in [5, 5.41) is 5.83. The minimum Gasteiger partial charge on any atom is -0.349 e. The Morgan fingerprint density at radius 3 is 2.42 bits per heavy atom. The SMILES string of the molecule is CC(NCCC(=O)N(C)C)C(=O)Nc1ccccc1. The zero-order valence-corrected chi connectivity index (χ0v) is 11.6. The molecule has 2 amide bonds. The predicted octanol–water partition coefficient (Wildman–Crippen LogP) is 1.08. The van der Waals surface area contributed by atoms with E-state index in [1.54, 1.807) is 21.0 Å². The lowest BCUT2D eigenvalue weighted by Crippen LogP contribution is -2.39. The second-order valence-electron chi connectivity index (χ2n) is 4.57. The van der Waals surface area contributed by atoms with E-state index in [1.807, 2.05) is 30.3 Å². The van der Waals surface area contributed by atoms with Gasteiger partial charge in [-0.1, -0.05) is 18.2 Å². The molecule has 0 aliphatic carbocycles. The van der Waals surface area contributed by atoms with Gasteiger partial charge in [0, 0.05) is 32.7 Å². The topological polar surface area (TPSA) is 61.4 Å². The van der Waals surface area contributed by atoms with Gasteiger partial charge in [-0.05, 0) is 19.1 Å².